The molecule has 0 bridgehead atoms. The first-order valence-electron chi connectivity index (χ1n) is 7.70. The van der Waals surface area contributed by atoms with Gasteiger partial charge in [0.15, 0.2) is 0 Å². The minimum atomic E-state index is 0.0238. The average Bonchev–Trinajstić information content (AvgIpc) is 3.18. The summed E-state index contributed by atoms with van der Waals surface area (Å²) in [4.78, 5) is 12.1. The van der Waals surface area contributed by atoms with Crippen LogP contribution in [0, 0.1) is 5.41 Å². The number of aliphatic hydroxyl groups excluding tert-OH is 1. The van der Waals surface area contributed by atoms with Gasteiger partial charge in [-0.25, -0.2) is 0 Å². The molecule has 110 valence electrons. The molecule has 0 saturated heterocycles. The Kier molecular flexibility index (Phi) is 4.85. The number of nitrogens with one attached hydrogen (secondary N) is 2. The van der Waals surface area contributed by atoms with Crippen LogP contribution in [0.4, 0.5) is 0 Å². The summed E-state index contributed by atoms with van der Waals surface area (Å²) in [7, 11) is 1.98. The first-order chi connectivity index (χ1) is 9.14. The Balaban J connectivity index is 1.77. The molecule has 0 heterocycles. The molecule has 1 amide bonds. The Hall–Kier alpha value is -0.610. The van der Waals surface area contributed by atoms with Crippen molar-refractivity contribution in [2.75, 3.05) is 20.2 Å². The zero-order valence-corrected chi connectivity index (χ0v) is 12.1. The lowest BCUT2D eigenvalue weighted by Gasteiger charge is -2.36. The van der Waals surface area contributed by atoms with E-state index in [-0.39, 0.29) is 23.5 Å². The molecule has 2 saturated carbocycles. The van der Waals surface area contributed by atoms with Crippen molar-refractivity contribution in [2.24, 2.45) is 5.41 Å². The number of rotatable bonds is 7. The Morgan fingerprint density at radius 3 is 2.37 bits per heavy atom. The fraction of sp³-hybridized carbons (Fsp3) is 0.933. The predicted octanol–water partition coefficient (Wildman–Crippen LogP) is 1.58. The van der Waals surface area contributed by atoms with Crippen molar-refractivity contribution in [1.29, 1.82) is 0 Å². The predicted molar refractivity (Wildman–Crippen MR) is 75.9 cm³/mol. The van der Waals surface area contributed by atoms with E-state index in [9.17, 15) is 4.79 Å². The van der Waals surface area contributed by atoms with Crippen LogP contribution < -0.4 is 10.6 Å². The SMILES string of the molecule is CNC1(CC(=O)NCC2(CCO)CC2)CCCCC1. The summed E-state index contributed by atoms with van der Waals surface area (Å²) < 4.78 is 0. The fourth-order valence-corrected chi connectivity index (χ4v) is 3.33. The van der Waals surface area contributed by atoms with Crippen LogP contribution in [0.15, 0.2) is 0 Å². The average molecular weight is 268 g/mol. The van der Waals surface area contributed by atoms with Gasteiger partial charge < -0.3 is 15.7 Å². The second-order valence-corrected chi connectivity index (χ2v) is 6.52. The first-order valence-corrected chi connectivity index (χ1v) is 7.70. The van der Waals surface area contributed by atoms with E-state index in [1.165, 1.54) is 19.3 Å². The van der Waals surface area contributed by atoms with E-state index in [1.807, 2.05) is 7.05 Å². The zero-order valence-electron chi connectivity index (χ0n) is 12.1. The molecule has 2 fully saturated rings. The molecule has 2 aliphatic rings. The maximum absolute atomic E-state index is 12.1. The summed E-state index contributed by atoms with van der Waals surface area (Å²) in [5.41, 5.74) is 0.236. The molecule has 2 aliphatic carbocycles. The second kappa shape index (κ2) is 6.23. The quantitative estimate of drug-likeness (QED) is 0.657. The number of carbonyl (C=O) groups is 1. The Morgan fingerprint density at radius 1 is 1.16 bits per heavy atom. The molecule has 2 rings (SSSR count). The number of amides is 1. The van der Waals surface area contributed by atoms with Gasteiger partial charge in [0.1, 0.15) is 0 Å². The van der Waals surface area contributed by atoms with Crippen molar-refractivity contribution in [3.8, 4) is 0 Å². The molecule has 4 heteroatoms. The van der Waals surface area contributed by atoms with Gasteiger partial charge in [0, 0.05) is 25.1 Å². The van der Waals surface area contributed by atoms with Gasteiger partial charge in [-0.1, -0.05) is 19.3 Å². The standard InChI is InChI=1S/C15H28N2O2/c1-16-15(5-3-2-4-6-15)11-13(19)17-12-14(7-8-14)9-10-18/h16,18H,2-12H2,1H3,(H,17,19). The first kappa shape index (κ1) is 14.8. The molecule has 0 aliphatic heterocycles. The minimum absolute atomic E-state index is 0.0238. The van der Waals surface area contributed by atoms with E-state index in [4.69, 9.17) is 5.11 Å². The van der Waals surface area contributed by atoms with Crippen LogP contribution >= 0.6 is 0 Å². The normalized spacial score (nSPS) is 23.9. The maximum Gasteiger partial charge on any atom is 0.221 e. The van der Waals surface area contributed by atoms with E-state index in [0.29, 0.717) is 6.42 Å². The van der Waals surface area contributed by atoms with Gasteiger partial charge in [-0.3, -0.25) is 4.79 Å². The van der Waals surface area contributed by atoms with Crippen LogP contribution in [-0.2, 0) is 4.79 Å². The van der Waals surface area contributed by atoms with Crippen LogP contribution in [0.25, 0.3) is 0 Å². The molecule has 0 aromatic rings. The van der Waals surface area contributed by atoms with Crippen LogP contribution in [0.2, 0.25) is 0 Å². The van der Waals surface area contributed by atoms with Gasteiger partial charge in [0.25, 0.3) is 0 Å². The number of carbonyl (C=O) groups excluding carboxylic acids is 1. The summed E-state index contributed by atoms with van der Waals surface area (Å²) in [6.07, 6.45) is 9.67. The van der Waals surface area contributed by atoms with Gasteiger partial charge in [0.2, 0.25) is 5.91 Å². The van der Waals surface area contributed by atoms with Gasteiger partial charge in [-0.05, 0) is 44.6 Å². The van der Waals surface area contributed by atoms with Gasteiger partial charge in [0.05, 0.1) is 0 Å². The molecule has 0 spiro atoms. The van der Waals surface area contributed by atoms with Crippen molar-refractivity contribution in [1.82, 2.24) is 10.6 Å². The maximum atomic E-state index is 12.1. The highest BCUT2D eigenvalue weighted by Crippen LogP contribution is 2.47. The summed E-state index contributed by atoms with van der Waals surface area (Å²) in [5, 5.41) is 15.5. The van der Waals surface area contributed by atoms with Gasteiger partial charge in [-0.2, -0.15) is 0 Å². The van der Waals surface area contributed by atoms with Crippen molar-refractivity contribution in [3.63, 3.8) is 0 Å². The van der Waals surface area contributed by atoms with Crippen LogP contribution in [0.1, 0.15) is 57.8 Å². The van der Waals surface area contributed by atoms with E-state index in [0.717, 1.165) is 38.6 Å². The van der Waals surface area contributed by atoms with Crippen LogP contribution in [0.3, 0.4) is 0 Å². The van der Waals surface area contributed by atoms with E-state index < -0.39 is 0 Å². The van der Waals surface area contributed by atoms with Crippen molar-refractivity contribution in [3.05, 3.63) is 0 Å². The van der Waals surface area contributed by atoms with Crippen molar-refractivity contribution in [2.45, 2.75) is 63.3 Å². The third-order valence-electron chi connectivity index (χ3n) is 5.10. The number of aliphatic hydroxyl groups is 1. The third kappa shape index (κ3) is 3.93. The van der Waals surface area contributed by atoms with E-state index in [2.05, 4.69) is 10.6 Å². The molecule has 19 heavy (non-hydrogen) atoms. The minimum Gasteiger partial charge on any atom is -0.396 e. The largest absolute Gasteiger partial charge is 0.396 e. The number of hydrogen-bond donors (Lipinski definition) is 3. The Morgan fingerprint density at radius 2 is 1.84 bits per heavy atom. The van der Waals surface area contributed by atoms with Crippen LogP contribution in [0.5, 0.6) is 0 Å². The van der Waals surface area contributed by atoms with Gasteiger partial charge in [-0.15, -0.1) is 0 Å². The molecular formula is C15H28N2O2. The van der Waals surface area contributed by atoms with Gasteiger partial charge >= 0.3 is 0 Å². The lowest BCUT2D eigenvalue weighted by atomic mass is 9.79. The smallest absolute Gasteiger partial charge is 0.221 e. The zero-order chi connectivity index (χ0) is 13.8. The summed E-state index contributed by atoms with van der Waals surface area (Å²) in [6.45, 7) is 0.975. The molecular weight excluding hydrogens is 240 g/mol. The van der Waals surface area contributed by atoms with E-state index >= 15 is 0 Å². The monoisotopic (exact) mass is 268 g/mol. The lowest BCUT2D eigenvalue weighted by molar-refractivity contribution is -0.123. The van der Waals surface area contributed by atoms with E-state index in [1.54, 1.807) is 0 Å². The second-order valence-electron chi connectivity index (χ2n) is 6.52. The highest BCUT2D eigenvalue weighted by molar-refractivity contribution is 5.77. The summed E-state index contributed by atoms with van der Waals surface area (Å²) >= 11 is 0. The molecule has 0 atom stereocenters. The Bertz CT molecular complexity index is 307. The van der Waals surface area contributed by atoms with Crippen molar-refractivity contribution >= 4 is 5.91 Å². The molecule has 3 N–H and O–H groups in total. The summed E-state index contributed by atoms with van der Waals surface area (Å²) in [5.74, 6) is 0.167. The highest BCUT2D eigenvalue weighted by Gasteiger charge is 2.42. The molecule has 0 radical (unpaired) electrons. The third-order valence-corrected chi connectivity index (χ3v) is 5.10. The number of hydrogen-bond acceptors (Lipinski definition) is 3. The van der Waals surface area contributed by atoms with Crippen LogP contribution in [-0.4, -0.2) is 36.8 Å². The van der Waals surface area contributed by atoms with Crippen molar-refractivity contribution < 1.29 is 9.90 Å². The fourth-order valence-electron chi connectivity index (χ4n) is 3.33. The Labute approximate surface area is 116 Å². The summed E-state index contributed by atoms with van der Waals surface area (Å²) in [6, 6.07) is 0. The molecule has 0 aromatic heterocycles. The molecule has 4 nitrogen and oxygen atoms in total. The molecule has 0 unspecified atom stereocenters. The lowest BCUT2D eigenvalue weighted by Crippen LogP contribution is -2.48. The topological polar surface area (TPSA) is 61.4 Å². The molecule has 0 aromatic carbocycles. The highest BCUT2D eigenvalue weighted by atomic mass is 16.3.